The first-order chi connectivity index (χ1) is 7.58. The summed E-state index contributed by atoms with van der Waals surface area (Å²) in [6, 6.07) is 0. The molecule has 3 nitrogen and oxygen atoms in total. The van der Waals surface area contributed by atoms with Gasteiger partial charge in [0.15, 0.2) is 5.82 Å². The fraction of sp³-hybridized carbons (Fsp3) is 0.769. The number of nitrogens with one attached hydrogen (secondary N) is 2. The van der Waals surface area contributed by atoms with Crippen molar-refractivity contribution in [2.75, 3.05) is 12.4 Å². The molecule has 1 aromatic rings. The Hall–Kier alpha value is -0.990. The van der Waals surface area contributed by atoms with E-state index >= 15 is 0 Å². The van der Waals surface area contributed by atoms with E-state index in [0.29, 0.717) is 5.41 Å². The van der Waals surface area contributed by atoms with Crippen LogP contribution in [0.2, 0.25) is 0 Å². The van der Waals surface area contributed by atoms with E-state index in [4.69, 9.17) is 0 Å². The summed E-state index contributed by atoms with van der Waals surface area (Å²) in [5, 5.41) is 10.7. The van der Waals surface area contributed by atoms with Gasteiger partial charge in [0.25, 0.3) is 0 Å². The van der Waals surface area contributed by atoms with Gasteiger partial charge in [0.2, 0.25) is 0 Å². The topological polar surface area (TPSA) is 40.7 Å². The Balaban J connectivity index is 2.22. The average Bonchev–Trinajstić information content (AvgIpc) is 2.70. The van der Waals surface area contributed by atoms with Crippen LogP contribution in [0.5, 0.6) is 0 Å². The van der Waals surface area contributed by atoms with E-state index in [2.05, 4.69) is 36.3 Å². The number of anilines is 1. The van der Waals surface area contributed by atoms with Crippen molar-refractivity contribution in [1.82, 2.24) is 10.2 Å². The highest BCUT2D eigenvalue weighted by Gasteiger charge is 2.32. The third kappa shape index (κ3) is 1.83. The molecule has 1 unspecified atom stereocenters. The number of H-pyrrole nitrogens is 1. The summed E-state index contributed by atoms with van der Waals surface area (Å²) in [5.74, 6) is 1.83. The lowest BCUT2D eigenvalue weighted by Crippen LogP contribution is -2.28. The summed E-state index contributed by atoms with van der Waals surface area (Å²) in [6.07, 6.45) is 4.86. The molecular formula is C13H23N3. The van der Waals surface area contributed by atoms with Crippen LogP contribution in [0, 0.1) is 11.3 Å². The van der Waals surface area contributed by atoms with Crippen molar-refractivity contribution in [3.8, 4) is 0 Å². The molecular weight excluding hydrogens is 198 g/mol. The van der Waals surface area contributed by atoms with Gasteiger partial charge in [0.1, 0.15) is 0 Å². The number of rotatable bonds is 3. The van der Waals surface area contributed by atoms with Crippen LogP contribution in [0.4, 0.5) is 5.82 Å². The number of aromatic nitrogens is 2. The molecule has 0 aromatic carbocycles. The molecule has 0 spiro atoms. The van der Waals surface area contributed by atoms with Gasteiger partial charge in [-0.05, 0) is 30.6 Å². The van der Waals surface area contributed by atoms with Gasteiger partial charge in [0, 0.05) is 18.3 Å². The summed E-state index contributed by atoms with van der Waals surface area (Å²) in [5.41, 5.74) is 3.20. The van der Waals surface area contributed by atoms with Crippen molar-refractivity contribution in [2.24, 2.45) is 11.3 Å². The van der Waals surface area contributed by atoms with Crippen LogP contribution in [0.25, 0.3) is 0 Å². The number of aryl methyl sites for hydroxylation is 1. The van der Waals surface area contributed by atoms with Gasteiger partial charge < -0.3 is 5.32 Å². The normalized spacial score (nSPS) is 20.6. The predicted octanol–water partition coefficient (Wildman–Crippen LogP) is 2.99. The van der Waals surface area contributed by atoms with E-state index < -0.39 is 0 Å². The maximum absolute atomic E-state index is 4.32. The summed E-state index contributed by atoms with van der Waals surface area (Å²) >= 11 is 0. The van der Waals surface area contributed by atoms with E-state index in [1.165, 1.54) is 30.5 Å². The molecule has 1 aromatic heterocycles. The molecule has 1 atom stereocenters. The third-order valence-corrected chi connectivity index (χ3v) is 4.40. The molecule has 3 heteroatoms. The minimum absolute atomic E-state index is 0.444. The first kappa shape index (κ1) is 11.5. The van der Waals surface area contributed by atoms with Crippen LogP contribution in [0.3, 0.4) is 0 Å². The summed E-state index contributed by atoms with van der Waals surface area (Å²) in [7, 11) is 1.95. The van der Waals surface area contributed by atoms with Crippen LogP contribution in [-0.2, 0) is 12.8 Å². The zero-order valence-corrected chi connectivity index (χ0v) is 10.9. The van der Waals surface area contributed by atoms with Gasteiger partial charge in [-0.15, -0.1) is 0 Å². The van der Waals surface area contributed by atoms with E-state index in [1.54, 1.807) is 0 Å². The Morgan fingerprint density at radius 2 is 2.25 bits per heavy atom. The Morgan fingerprint density at radius 1 is 1.50 bits per heavy atom. The van der Waals surface area contributed by atoms with Crippen LogP contribution in [0.1, 0.15) is 44.9 Å². The fourth-order valence-electron chi connectivity index (χ4n) is 2.66. The molecule has 1 aliphatic carbocycles. The summed E-state index contributed by atoms with van der Waals surface area (Å²) in [6.45, 7) is 7.08. The van der Waals surface area contributed by atoms with Crippen molar-refractivity contribution in [2.45, 2.75) is 46.5 Å². The lowest BCUT2D eigenvalue weighted by Gasteiger charge is -2.36. The number of fused-ring (bicyclic) bond motifs is 1. The number of hydrogen-bond donors (Lipinski definition) is 2. The lowest BCUT2D eigenvalue weighted by molar-refractivity contribution is 0.183. The van der Waals surface area contributed by atoms with Crippen molar-refractivity contribution in [3.63, 3.8) is 0 Å². The second-order valence-corrected chi connectivity index (χ2v) is 5.56. The zero-order valence-electron chi connectivity index (χ0n) is 10.9. The van der Waals surface area contributed by atoms with Crippen LogP contribution in [0.15, 0.2) is 0 Å². The smallest absolute Gasteiger partial charge is 0.151 e. The molecule has 0 bridgehead atoms. The molecule has 0 saturated carbocycles. The Labute approximate surface area is 98.0 Å². The quantitative estimate of drug-likeness (QED) is 0.823. The number of nitrogens with zero attached hydrogens (tertiary/aromatic N) is 1. The Kier molecular flexibility index (Phi) is 2.96. The molecule has 0 radical (unpaired) electrons. The van der Waals surface area contributed by atoms with Gasteiger partial charge in [-0.25, -0.2) is 0 Å². The van der Waals surface area contributed by atoms with Gasteiger partial charge in [-0.3, -0.25) is 5.10 Å². The predicted molar refractivity (Wildman–Crippen MR) is 67.7 cm³/mol. The van der Waals surface area contributed by atoms with Gasteiger partial charge in [0.05, 0.1) is 0 Å². The molecule has 2 rings (SSSR count). The fourth-order valence-corrected chi connectivity index (χ4v) is 2.66. The van der Waals surface area contributed by atoms with Gasteiger partial charge in [-0.2, -0.15) is 5.10 Å². The minimum Gasteiger partial charge on any atom is -0.371 e. The maximum Gasteiger partial charge on any atom is 0.151 e. The van der Waals surface area contributed by atoms with Gasteiger partial charge in [-0.1, -0.05) is 27.2 Å². The largest absolute Gasteiger partial charge is 0.371 e. The maximum atomic E-state index is 4.32. The first-order valence-electron chi connectivity index (χ1n) is 6.32. The lowest BCUT2D eigenvalue weighted by atomic mass is 9.69. The molecule has 0 aliphatic heterocycles. The van der Waals surface area contributed by atoms with E-state index in [1.807, 2.05) is 7.05 Å². The van der Waals surface area contributed by atoms with E-state index in [0.717, 1.165) is 18.2 Å². The second kappa shape index (κ2) is 4.11. The highest BCUT2D eigenvalue weighted by Crippen LogP contribution is 2.40. The van der Waals surface area contributed by atoms with Crippen molar-refractivity contribution < 1.29 is 0 Å². The highest BCUT2D eigenvalue weighted by atomic mass is 15.2. The van der Waals surface area contributed by atoms with Crippen LogP contribution >= 0.6 is 0 Å². The molecule has 2 N–H and O–H groups in total. The first-order valence-corrected chi connectivity index (χ1v) is 6.32. The van der Waals surface area contributed by atoms with E-state index in [9.17, 15) is 0 Å². The Morgan fingerprint density at radius 3 is 2.88 bits per heavy atom. The Bertz CT molecular complexity index is 352. The molecule has 1 heterocycles. The molecule has 90 valence electrons. The van der Waals surface area contributed by atoms with Crippen LogP contribution in [-0.4, -0.2) is 17.2 Å². The average molecular weight is 221 g/mol. The molecule has 16 heavy (non-hydrogen) atoms. The summed E-state index contributed by atoms with van der Waals surface area (Å²) < 4.78 is 0. The molecule has 1 aliphatic rings. The zero-order chi connectivity index (χ0) is 11.8. The standard InChI is InChI=1S/C13H23N3/c1-5-13(2,3)9-6-7-11-10(8-9)12(14-4)16-15-11/h9H,5-8H2,1-4H3,(H2,14,15,16). The molecule has 0 fully saturated rings. The monoisotopic (exact) mass is 221 g/mol. The van der Waals surface area contributed by atoms with Gasteiger partial charge >= 0.3 is 0 Å². The highest BCUT2D eigenvalue weighted by molar-refractivity contribution is 5.47. The number of hydrogen-bond acceptors (Lipinski definition) is 2. The van der Waals surface area contributed by atoms with Crippen molar-refractivity contribution in [1.29, 1.82) is 0 Å². The SMILES string of the molecule is CCC(C)(C)C1CCc2[nH]nc(NC)c2C1. The molecule has 0 amide bonds. The van der Waals surface area contributed by atoms with E-state index in [-0.39, 0.29) is 0 Å². The van der Waals surface area contributed by atoms with Crippen molar-refractivity contribution >= 4 is 5.82 Å². The summed E-state index contributed by atoms with van der Waals surface area (Å²) in [4.78, 5) is 0. The minimum atomic E-state index is 0.444. The van der Waals surface area contributed by atoms with Crippen molar-refractivity contribution in [3.05, 3.63) is 11.3 Å². The second-order valence-electron chi connectivity index (χ2n) is 5.56. The van der Waals surface area contributed by atoms with Crippen LogP contribution < -0.4 is 5.32 Å². The molecule has 0 saturated heterocycles. The third-order valence-electron chi connectivity index (χ3n) is 4.40. The number of aromatic amines is 1.